The van der Waals surface area contributed by atoms with Crippen molar-refractivity contribution in [1.29, 1.82) is 0 Å². The topological polar surface area (TPSA) is 411 Å². The fourth-order valence-electron chi connectivity index (χ4n) is 16.5. The van der Waals surface area contributed by atoms with E-state index in [1.54, 1.807) is 122 Å². The Hall–Kier alpha value is -8.23. The summed E-state index contributed by atoms with van der Waals surface area (Å²) in [5.74, 6) is 5.59. The van der Waals surface area contributed by atoms with Crippen LogP contribution in [0.15, 0.2) is 164 Å². The molecule has 0 atom stereocenters. The summed E-state index contributed by atoms with van der Waals surface area (Å²) in [7, 11) is 11.6. The summed E-state index contributed by atoms with van der Waals surface area (Å²) in [6.07, 6.45) is 14.4. The summed E-state index contributed by atoms with van der Waals surface area (Å²) in [6, 6.07) is 52.2. The van der Waals surface area contributed by atoms with Gasteiger partial charge in [-0.3, -0.25) is 43.2 Å². The zero-order valence-corrected chi connectivity index (χ0v) is 102. The van der Waals surface area contributed by atoms with Crippen LogP contribution >= 0.6 is 34.3 Å². The molecule has 8 aliphatic rings. The third kappa shape index (κ3) is 36.7. The summed E-state index contributed by atoms with van der Waals surface area (Å²) < 4.78 is 46.8. The van der Waals surface area contributed by atoms with Crippen LogP contribution in [-0.4, -0.2) is 182 Å². The van der Waals surface area contributed by atoms with Crippen LogP contribution in [0.5, 0.6) is 40.2 Å². The number of benzene rings is 8. The van der Waals surface area contributed by atoms with Gasteiger partial charge < -0.3 is 89.6 Å². The Morgan fingerprint density at radius 3 is 0.733 bits per heavy atom. The van der Waals surface area contributed by atoms with Gasteiger partial charge in [0.05, 0.1) is 125 Å². The van der Waals surface area contributed by atoms with Gasteiger partial charge in [-0.15, -0.1) is 11.6 Å². The van der Waals surface area contributed by atoms with Gasteiger partial charge in [0.15, 0.2) is 15.7 Å². The molecular weight excluding hydrogens is 2030 g/mol. The van der Waals surface area contributed by atoms with Crippen LogP contribution < -0.4 is 97.5 Å². The van der Waals surface area contributed by atoms with Crippen molar-refractivity contribution < 1.29 is 192 Å². The van der Waals surface area contributed by atoms with Crippen LogP contribution in [0.4, 0.5) is 0 Å². The molecule has 34 heteroatoms. The maximum atomic E-state index is 12.0. The number of ether oxygens (including phenoxy) is 8. The molecule has 8 aromatic rings. The summed E-state index contributed by atoms with van der Waals surface area (Å²) in [4.78, 5) is 103. The Kier molecular flexibility index (Phi) is 56.9. The number of hydrogen-bond acceptors (Lipinski definition) is 25. The first-order valence-corrected chi connectivity index (χ1v) is 57.3. The first-order chi connectivity index (χ1) is 69.7. The monoisotopic (exact) mass is 2190 g/mol. The molecule has 8 aliphatic carbocycles. The smallest absolute Gasteiger partial charge is 1.00 e. The first kappa shape index (κ1) is 138. The maximum Gasteiger partial charge on any atom is 1.00 e. The minimum atomic E-state index is -1.82. The van der Waals surface area contributed by atoms with Crippen molar-refractivity contribution in [2.75, 3.05) is 77.2 Å². The molecule has 16 rings (SSSR count). The normalized spacial score (nSPS) is 15.9. The van der Waals surface area contributed by atoms with E-state index < -0.39 is 38.5 Å². The fraction of sp³-hybridized carbons (Fsp3) is 0.509. The molecule has 0 radical (unpaired) electrons. The van der Waals surface area contributed by atoms with Crippen LogP contribution in [0.3, 0.4) is 0 Å². The van der Waals surface area contributed by atoms with Gasteiger partial charge >= 0.3 is 71.1 Å². The standard InChI is InChI=1S/C19H30O3Si.C13H15ClO2.2C13H16O3.C12H14O4.C12H14O2.C12H14O.C11H12O3.C6H15ClSi.C2H5ClO.CH2O3.2CH4O.2Na.H/c1-14(20)19(10-11-19)16-8-9-17(21-5)15(12-16)13-22-23(6,7)18(2,3)4;3*1-9(15)13(5-6-13)11-3-4-12(16-2)10(7-11)8-14;1-16-10-3-2-9(6-8(10)7-13)12(4-5-12)11(14)15;1-9(13)12(7-8-12)10-3-5-11(14-2)6-4-10;1-9-3-5-11(6-4-9)12(7-8-12)10(2)13;1-14-9-4-2-8(3-5-9)11(6-7-11)10(12)13;1-6(2,3)8(4,5)7;1-4-2-3;2-1-4-3;2*1-2;;;/h8-9,12H,10-11,13H2,1-7H3;3-4,7H,5-6,8H2,1-2H3;2*3-4,7,14H,5-6,8H2,1-2H3;2-3,6,13H,4-5,7H2,1H3,(H,14,15);3-6H,7-8H2,1-2H3;3-6H,7-8H2,1-2H3;2-5H,6-7H2,1H3,(H,12,13);1-5H3;2H2,1H3;1,3H;2*2H,1H3;;;/q;;;;;;;;;;;;;2*+1;-1/p-1. The van der Waals surface area contributed by atoms with Gasteiger partial charge in [-0.2, -0.15) is 11.1 Å². The van der Waals surface area contributed by atoms with Crippen molar-refractivity contribution in [1.82, 2.24) is 0 Å². The second-order valence-electron chi connectivity index (χ2n) is 41.0. The maximum absolute atomic E-state index is 12.0. The van der Waals surface area contributed by atoms with Crippen molar-refractivity contribution in [3.05, 3.63) is 242 Å². The number of halogens is 3. The number of carboxylic acids is 2. The fourth-order valence-corrected chi connectivity index (χ4v) is 17.6. The van der Waals surface area contributed by atoms with Gasteiger partial charge in [0.1, 0.15) is 81.0 Å². The summed E-state index contributed by atoms with van der Waals surface area (Å²) in [6.45, 7) is 34.3. The van der Waals surface area contributed by atoms with E-state index in [-0.39, 0.29) is 153 Å². The minimum Gasteiger partial charge on any atom is -1.00 e. The van der Waals surface area contributed by atoms with Gasteiger partial charge in [-0.05, 0) is 304 Å². The summed E-state index contributed by atoms with van der Waals surface area (Å²) >= 11 is 17.0. The van der Waals surface area contributed by atoms with E-state index >= 15 is 0 Å². The van der Waals surface area contributed by atoms with E-state index in [0.717, 1.165) is 188 Å². The molecule has 0 spiro atoms. The quantitative estimate of drug-likeness (QED) is 0.00514. The molecular formula is C116H161Cl3Na2O27Si2. The third-order valence-electron chi connectivity index (χ3n) is 29.9. The number of methoxy groups -OCH3 is 8. The van der Waals surface area contributed by atoms with Crippen molar-refractivity contribution >= 4 is 103 Å². The van der Waals surface area contributed by atoms with Crippen LogP contribution in [-0.2, 0) is 133 Å². The molecule has 27 nitrogen and oxygen atoms in total. The van der Waals surface area contributed by atoms with E-state index in [4.69, 9.17) is 102 Å². The van der Waals surface area contributed by atoms with E-state index in [9.17, 15) is 53.7 Å². The molecule has 8 fully saturated rings. The number of ketones is 6. The molecule has 7 N–H and O–H groups in total. The van der Waals surface area contributed by atoms with Crippen molar-refractivity contribution in [2.24, 2.45) is 0 Å². The second kappa shape index (κ2) is 61.9. The third-order valence-corrected chi connectivity index (χ3v) is 40.2. The average molecular weight is 2200 g/mol. The van der Waals surface area contributed by atoms with Crippen LogP contribution in [0.1, 0.15) is 265 Å². The largest absolute Gasteiger partial charge is 1.00 e. The number of aliphatic hydroxyl groups excluding tert-OH is 5. The van der Waals surface area contributed by atoms with E-state index in [1.807, 2.05) is 103 Å². The van der Waals surface area contributed by atoms with Crippen LogP contribution in [0.25, 0.3) is 0 Å². The Bertz CT molecular complexity index is 5240. The number of aliphatic carboxylic acids is 2. The molecule has 818 valence electrons. The molecule has 0 heterocycles. The predicted octanol–water partition coefficient (Wildman–Crippen LogP) is 15.4. The molecule has 0 bridgehead atoms. The summed E-state index contributed by atoms with van der Waals surface area (Å²) in [5, 5.41) is 68.8. The molecule has 0 amide bonds. The van der Waals surface area contributed by atoms with E-state index in [1.165, 1.54) is 18.2 Å². The number of Topliss-reactive ketones (excluding diaryl/α,β-unsaturated/α-hetero) is 6. The number of carboxylic acid groups (broad SMARTS) is 2. The van der Waals surface area contributed by atoms with E-state index in [0.29, 0.717) is 65.0 Å². The Balaban J connectivity index is 0.000000842. The Morgan fingerprint density at radius 1 is 0.353 bits per heavy atom. The second-order valence-corrected chi connectivity index (χ2v) is 53.6. The molecule has 0 saturated heterocycles. The van der Waals surface area contributed by atoms with Gasteiger partial charge in [0.2, 0.25) is 0 Å². The molecule has 150 heavy (non-hydrogen) atoms. The Morgan fingerprint density at radius 2 is 0.547 bits per heavy atom. The van der Waals surface area contributed by atoms with Crippen molar-refractivity contribution in [3.63, 3.8) is 0 Å². The molecule has 8 saturated carbocycles. The zero-order chi connectivity index (χ0) is 112. The molecule has 8 aromatic carbocycles. The minimum absolute atomic E-state index is 0. The number of carbonyl (C=O) groups is 9. The first-order valence-electron chi connectivity index (χ1n) is 49.3. The molecule has 0 aliphatic heterocycles. The number of hydrogen-bond donors (Lipinski definition) is 7. The Labute approximate surface area is 950 Å². The summed E-state index contributed by atoms with van der Waals surface area (Å²) in [5.41, 5.74) is 10.9. The van der Waals surface area contributed by atoms with Crippen molar-refractivity contribution in [2.45, 2.75) is 305 Å². The number of alkyl halides is 2. The van der Waals surface area contributed by atoms with Gasteiger partial charge in [0, 0.05) is 49.1 Å². The number of aliphatic hydroxyl groups is 5. The SMILES string of the molecule is CC(=O)C1(c2ccc(C)cc2)CC1.CC(C)(C)[Si](C)(C)Cl.CO.CO.COCCl.COc1ccc(C2(C(=O)O)CC2)cc1.COc1ccc(C2(C(=O)O)CC2)cc1CO.COc1ccc(C2(C(C)=O)CC2)cc1.COc1ccc(C2(C(C)=O)CC2)cc1CCl.COc1ccc(C2(C(C)=O)CC2)cc1CO.COc1ccc(C2(C(C)=O)CC2)cc1CO.COc1ccc(C2(C(C)=O)CC2)cc1CO[Si](C)(C)C(C)(C)C.O=CO[O-].[H-].[Na+].[Na+]. The number of rotatable bonds is 32. The molecule has 0 unspecified atom stereocenters. The van der Waals surface area contributed by atoms with Crippen molar-refractivity contribution in [3.8, 4) is 40.2 Å². The number of carbonyl (C=O) groups excluding carboxylic acids is 7. The average Bonchev–Trinajstić information content (AvgIpc) is 1.61. The zero-order valence-electron chi connectivity index (χ0n) is 94.7. The van der Waals surface area contributed by atoms with Gasteiger partial charge in [0.25, 0.3) is 6.47 Å². The molecule has 0 aromatic heterocycles. The predicted molar refractivity (Wildman–Crippen MR) is 583 cm³/mol. The van der Waals surface area contributed by atoms with E-state index in [2.05, 4.69) is 115 Å². The van der Waals surface area contributed by atoms with Crippen LogP contribution in [0, 0.1) is 6.92 Å². The van der Waals surface area contributed by atoms with Gasteiger partial charge in [-0.1, -0.05) is 151 Å². The van der Waals surface area contributed by atoms with Crippen LogP contribution in [0.2, 0.25) is 36.3 Å². The number of aryl methyl sites for hydroxylation is 1. The van der Waals surface area contributed by atoms with Gasteiger partial charge in [-0.25, -0.2) is 0 Å².